The normalized spacial score (nSPS) is 10.7. The topological polar surface area (TPSA) is 48.1 Å². The number of hydrogen-bond acceptors (Lipinski definition) is 3. The molecule has 0 atom stereocenters. The van der Waals surface area contributed by atoms with Crippen molar-refractivity contribution in [3.8, 4) is 5.75 Å². The molecule has 0 radical (unpaired) electrons. The summed E-state index contributed by atoms with van der Waals surface area (Å²) in [6.45, 7) is 3.50. The Bertz CT molecular complexity index is 497. The van der Waals surface area contributed by atoms with Crippen molar-refractivity contribution in [3.63, 3.8) is 0 Å². The van der Waals surface area contributed by atoms with Crippen LogP contribution in [0.5, 0.6) is 5.75 Å². The maximum absolute atomic E-state index is 5.76. The van der Waals surface area contributed by atoms with Crippen molar-refractivity contribution in [1.82, 2.24) is 4.98 Å². The van der Waals surface area contributed by atoms with Gasteiger partial charge in [0, 0.05) is 11.6 Å². The van der Waals surface area contributed by atoms with Crippen LogP contribution in [-0.2, 0) is 0 Å². The van der Waals surface area contributed by atoms with E-state index in [1.807, 2.05) is 24.4 Å². The number of nitrogens with zero attached hydrogens (tertiary/aromatic N) is 1. The Morgan fingerprint density at radius 2 is 2.12 bits per heavy atom. The molecule has 2 aromatic rings. The summed E-state index contributed by atoms with van der Waals surface area (Å²) >= 11 is 0. The lowest BCUT2D eigenvalue weighted by Crippen LogP contribution is -2.03. The first-order chi connectivity index (χ1) is 8.33. The van der Waals surface area contributed by atoms with Crippen LogP contribution in [0.15, 0.2) is 30.5 Å². The summed E-state index contributed by atoms with van der Waals surface area (Å²) in [6, 6.07) is 8.07. The van der Waals surface area contributed by atoms with E-state index < -0.39 is 0 Å². The first-order valence-corrected chi connectivity index (χ1v) is 6.00. The second kappa shape index (κ2) is 5.64. The Kier molecular flexibility index (Phi) is 3.94. The predicted octanol–water partition coefficient (Wildman–Crippen LogP) is 2.66. The van der Waals surface area contributed by atoms with Gasteiger partial charge in [-0.05, 0) is 44.0 Å². The van der Waals surface area contributed by atoms with E-state index in [0.29, 0.717) is 6.61 Å². The first kappa shape index (κ1) is 11.9. The molecule has 0 unspecified atom stereocenters. The van der Waals surface area contributed by atoms with Gasteiger partial charge in [-0.3, -0.25) is 4.98 Å². The summed E-state index contributed by atoms with van der Waals surface area (Å²) in [7, 11) is 0. The van der Waals surface area contributed by atoms with Gasteiger partial charge in [-0.15, -0.1) is 0 Å². The highest BCUT2D eigenvalue weighted by Gasteiger charge is 2.04. The Morgan fingerprint density at radius 3 is 2.94 bits per heavy atom. The van der Waals surface area contributed by atoms with Gasteiger partial charge in [0.1, 0.15) is 11.3 Å². The van der Waals surface area contributed by atoms with Gasteiger partial charge in [0.15, 0.2) is 0 Å². The van der Waals surface area contributed by atoms with Gasteiger partial charge in [0.25, 0.3) is 0 Å². The fourth-order valence-electron chi connectivity index (χ4n) is 1.83. The van der Waals surface area contributed by atoms with Gasteiger partial charge in [-0.1, -0.05) is 12.1 Å². The number of fused-ring (bicyclic) bond motifs is 1. The number of para-hydroxylation sites is 1. The fourth-order valence-corrected chi connectivity index (χ4v) is 1.83. The van der Waals surface area contributed by atoms with Crippen molar-refractivity contribution in [1.29, 1.82) is 0 Å². The number of unbranched alkanes of at least 4 members (excludes halogenated alkanes) is 1. The molecule has 1 aromatic carbocycles. The van der Waals surface area contributed by atoms with Gasteiger partial charge in [-0.2, -0.15) is 0 Å². The summed E-state index contributed by atoms with van der Waals surface area (Å²) in [5, 5.41) is 1.16. The molecule has 0 amide bonds. The molecule has 0 saturated carbocycles. The highest BCUT2D eigenvalue weighted by atomic mass is 16.5. The summed E-state index contributed by atoms with van der Waals surface area (Å²) < 4.78 is 5.76. The lowest BCUT2D eigenvalue weighted by Gasteiger charge is -2.09. The van der Waals surface area contributed by atoms with Crippen LogP contribution >= 0.6 is 0 Å². The van der Waals surface area contributed by atoms with Crippen LogP contribution in [0.25, 0.3) is 10.9 Å². The highest BCUT2D eigenvalue weighted by Crippen LogP contribution is 2.25. The third kappa shape index (κ3) is 2.74. The van der Waals surface area contributed by atoms with Gasteiger partial charge in [0.2, 0.25) is 0 Å². The SMILES string of the molecule is Cc1ccnc2c(OCCCCN)cccc12. The van der Waals surface area contributed by atoms with Crippen molar-refractivity contribution >= 4 is 10.9 Å². The van der Waals surface area contributed by atoms with Crippen LogP contribution < -0.4 is 10.5 Å². The van der Waals surface area contributed by atoms with Crippen LogP contribution in [0.1, 0.15) is 18.4 Å². The molecule has 2 N–H and O–H groups in total. The van der Waals surface area contributed by atoms with E-state index in [1.165, 1.54) is 5.56 Å². The molecule has 0 saturated heterocycles. The van der Waals surface area contributed by atoms with E-state index in [-0.39, 0.29) is 0 Å². The quantitative estimate of drug-likeness (QED) is 0.803. The Labute approximate surface area is 102 Å². The molecule has 0 aliphatic carbocycles. The number of hydrogen-bond donors (Lipinski definition) is 1. The largest absolute Gasteiger partial charge is 0.491 e. The molecular formula is C14H18N2O. The molecule has 1 aromatic heterocycles. The fraction of sp³-hybridized carbons (Fsp3) is 0.357. The molecule has 0 fully saturated rings. The number of aryl methyl sites for hydroxylation is 1. The summed E-state index contributed by atoms with van der Waals surface area (Å²) in [5.74, 6) is 0.864. The van der Waals surface area contributed by atoms with E-state index in [0.717, 1.165) is 36.0 Å². The molecule has 2 rings (SSSR count). The third-order valence-electron chi connectivity index (χ3n) is 2.81. The molecule has 90 valence electrons. The van der Waals surface area contributed by atoms with E-state index >= 15 is 0 Å². The zero-order valence-corrected chi connectivity index (χ0v) is 10.1. The number of ether oxygens (including phenoxy) is 1. The van der Waals surface area contributed by atoms with Crippen molar-refractivity contribution in [3.05, 3.63) is 36.0 Å². The number of nitrogens with two attached hydrogens (primary N) is 1. The van der Waals surface area contributed by atoms with Crippen LogP contribution in [-0.4, -0.2) is 18.1 Å². The van der Waals surface area contributed by atoms with Crippen LogP contribution in [0, 0.1) is 6.92 Å². The summed E-state index contributed by atoms with van der Waals surface area (Å²) in [5.41, 5.74) is 7.62. The number of rotatable bonds is 5. The van der Waals surface area contributed by atoms with Crippen LogP contribution in [0.3, 0.4) is 0 Å². The summed E-state index contributed by atoms with van der Waals surface area (Å²) in [4.78, 5) is 4.39. The molecule has 17 heavy (non-hydrogen) atoms. The average molecular weight is 230 g/mol. The molecular weight excluding hydrogens is 212 g/mol. The molecule has 0 bridgehead atoms. The van der Waals surface area contributed by atoms with Crippen molar-refractivity contribution in [2.45, 2.75) is 19.8 Å². The second-order valence-corrected chi connectivity index (χ2v) is 4.12. The van der Waals surface area contributed by atoms with E-state index in [9.17, 15) is 0 Å². The molecule has 0 aliphatic heterocycles. The second-order valence-electron chi connectivity index (χ2n) is 4.12. The average Bonchev–Trinajstić information content (AvgIpc) is 2.36. The highest BCUT2D eigenvalue weighted by molar-refractivity contribution is 5.86. The standard InChI is InChI=1S/C14H18N2O/c1-11-7-9-16-14-12(11)5-4-6-13(14)17-10-3-2-8-15/h4-7,9H,2-3,8,10,15H2,1H3. The lowest BCUT2D eigenvalue weighted by atomic mass is 10.1. The summed E-state index contributed by atoms with van der Waals surface area (Å²) in [6.07, 6.45) is 3.81. The molecule has 0 spiro atoms. The maximum Gasteiger partial charge on any atom is 0.145 e. The molecule has 3 heteroatoms. The van der Waals surface area contributed by atoms with Crippen LogP contribution in [0.4, 0.5) is 0 Å². The van der Waals surface area contributed by atoms with E-state index in [2.05, 4.69) is 18.0 Å². The minimum Gasteiger partial charge on any atom is -0.491 e. The van der Waals surface area contributed by atoms with Gasteiger partial charge >= 0.3 is 0 Å². The van der Waals surface area contributed by atoms with Crippen LogP contribution in [0.2, 0.25) is 0 Å². The smallest absolute Gasteiger partial charge is 0.145 e. The Morgan fingerprint density at radius 1 is 1.24 bits per heavy atom. The van der Waals surface area contributed by atoms with Crippen molar-refractivity contribution in [2.24, 2.45) is 5.73 Å². The number of aromatic nitrogens is 1. The number of pyridine rings is 1. The minimum atomic E-state index is 0.700. The predicted molar refractivity (Wildman–Crippen MR) is 70.3 cm³/mol. The molecule has 3 nitrogen and oxygen atoms in total. The van der Waals surface area contributed by atoms with Crippen molar-refractivity contribution < 1.29 is 4.74 Å². The van der Waals surface area contributed by atoms with Crippen molar-refractivity contribution in [2.75, 3.05) is 13.2 Å². The van der Waals surface area contributed by atoms with E-state index in [4.69, 9.17) is 10.5 Å². The minimum absolute atomic E-state index is 0.700. The van der Waals surface area contributed by atoms with E-state index in [1.54, 1.807) is 0 Å². The van der Waals surface area contributed by atoms with Gasteiger partial charge in [0.05, 0.1) is 6.61 Å². The lowest BCUT2D eigenvalue weighted by molar-refractivity contribution is 0.311. The Hall–Kier alpha value is -1.61. The molecule has 1 heterocycles. The Balaban J connectivity index is 2.19. The number of benzene rings is 1. The van der Waals surface area contributed by atoms with Gasteiger partial charge < -0.3 is 10.5 Å². The molecule has 0 aliphatic rings. The zero-order valence-electron chi connectivity index (χ0n) is 10.1. The first-order valence-electron chi connectivity index (χ1n) is 6.00. The van der Waals surface area contributed by atoms with Gasteiger partial charge in [-0.25, -0.2) is 0 Å². The monoisotopic (exact) mass is 230 g/mol. The zero-order chi connectivity index (χ0) is 12.1. The third-order valence-corrected chi connectivity index (χ3v) is 2.81. The maximum atomic E-state index is 5.76.